The second-order valence-corrected chi connectivity index (χ2v) is 4.55. The smallest absolute Gasteiger partial charge is 0.123 e. The fourth-order valence-electron chi connectivity index (χ4n) is 1.54. The molecule has 0 atom stereocenters. The summed E-state index contributed by atoms with van der Waals surface area (Å²) in [6.07, 6.45) is 4.37. The van der Waals surface area contributed by atoms with Crippen LogP contribution in [0, 0.1) is 5.82 Å². The van der Waals surface area contributed by atoms with Gasteiger partial charge in [0.25, 0.3) is 0 Å². The van der Waals surface area contributed by atoms with Crippen LogP contribution in [0.5, 0.6) is 0 Å². The summed E-state index contributed by atoms with van der Waals surface area (Å²) in [5.74, 6) is 0.742. The highest BCUT2D eigenvalue weighted by atomic mass is 79.9. The Morgan fingerprint density at radius 3 is 3.06 bits per heavy atom. The molecule has 0 unspecified atom stereocenters. The zero-order chi connectivity index (χ0) is 12.1. The fourth-order valence-corrected chi connectivity index (χ4v) is 1.93. The van der Waals surface area contributed by atoms with E-state index in [2.05, 4.69) is 31.2 Å². The van der Waals surface area contributed by atoms with Crippen molar-refractivity contribution in [1.29, 1.82) is 0 Å². The third-order valence-corrected chi connectivity index (χ3v) is 3.19. The van der Waals surface area contributed by atoms with E-state index in [0.717, 1.165) is 28.8 Å². The van der Waals surface area contributed by atoms with E-state index in [0.29, 0.717) is 6.54 Å². The van der Waals surface area contributed by atoms with Crippen LogP contribution in [0.3, 0.4) is 0 Å². The summed E-state index contributed by atoms with van der Waals surface area (Å²) in [7, 11) is 0. The first-order valence-electron chi connectivity index (χ1n) is 5.38. The average molecular weight is 298 g/mol. The minimum Gasteiger partial charge on any atom is -0.349 e. The first-order valence-corrected chi connectivity index (χ1v) is 6.18. The van der Waals surface area contributed by atoms with Crippen molar-refractivity contribution < 1.29 is 4.39 Å². The SMILES string of the molecule is Fc1ccc(Br)c(CNCCc2ncc[nH]2)c1. The largest absolute Gasteiger partial charge is 0.349 e. The maximum atomic E-state index is 13.0. The topological polar surface area (TPSA) is 40.7 Å². The molecule has 90 valence electrons. The van der Waals surface area contributed by atoms with Gasteiger partial charge in [0.15, 0.2) is 0 Å². The molecular formula is C12H13BrFN3. The summed E-state index contributed by atoms with van der Waals surface area (Å²) in [6.45, 7) is 1.44. The Balaban J connectivity index is 1.80. The molecule has 0 radical (unpaired) electrons. The second kappa shape index (κ2) is 5.93. The molecule has 0 aliphatic rings. The molecule has 1 aromatic carbocycles. The number of hydrogen-bond donors (Lipinski definition) is 2. The Labute approximate surface area is 108 Å². The maximum absolute atomic E-state index is 13.0. The summed E-state index contributed by atoms with van der Waals surface area (Å²) in [5, 5.41) is 3.25. The lowest BCUT2D eigenvalue weighted by molar-refractivity contribution is 0.618. The summed E-state index contributed by atoms with van der Waals surface area (Å²) in [5.41, 5.74) is 0.921. The molecule has 0 aliphatic heterocycles. The van der Waals surface area contributed by atoms with Gasteiger partial charge in [0.05, 0.1) is 0 Å². The van der Waals surface area contributed by atoms with Crippen LogP contribution >= 0.6 is 15.9 Å². The van der Waals surface area contributed by atoms with Gasteiger partial charge in [-0.1, -0.05) is 15.9 Å². The van der Waals surface area contributed by atoms with Crippen LogP contribution in [0.15, 0.2) is 35.1 Å². The Bertz CT molecular complexity index is 471. The van der Waals surface area contributed by atoms with Crippen molar-refractivity contribution in [2.45, 2.75) is 13.0 Å². The molecule has 0 saturated heterocycles. The molecule has 1 aromatic heterocycles. The van der Waals surface area contributed by atoms with Crippen molar-refractivity contribution in [3.63, 3.8) is 0 Å². The minimum atomic E-state index is -0.212. The van der Waals surface area contributed by atoms with Crippen molar-refractivity contribution in [2.75, 3.05) is 6.54 Å². The highest BCUT2D eigenvalue weighted by Gasteiger charge is 2.01. The molecule has 2 rings (SSSR count). The van der Waals surface area contributed by atoms with Gasteiger partial charge in [-0.05, 0) is 23.8 Å². The van der Waals surface area contributed by atoms with E-state index in [1.165, 1.54) is 12.1 Å². The standard InChI is InChI=1S/C12H13BrFN3/c13-11-2-1-10(14)7-9(11)8-15-4-3-12-16-5-6-17-12/h1-2,5-7,15H,3-4,8H2,(H,16,17). The van der Waals surface area contributed by atoms with E-state index in [1.54, 1.807) is 18.5 Å². The normalized spacial score (nSPS) is 10.7. The third-order valence-electron chi connectivity index (χ3n) is 2.42. The molecule has 1 heterocycles. The van der Waals surface area contributed by atoms with E-state index in [9.17, 15) is 4.39 Å². The third kappa shape index (κ3) is 3.64. The van der Waals surface area contributed by atoms with Crippen LogP contribution in [0.2, 0.25) is 0 Å². The lowest BCUT2D eigenvalue weighted by Crippen LogP contribution is -2.17. The molecule has 0 aliphatic carbocycles. The molecule has 2 N–H and O–H groups in total. The lowest BCUT2D eigenvalue weighted by Gasteiger charge is -2.06. The molecule has 3 nitrogen and oxygen atoms in total. The maximum Gasteiger partial charge on any atom is 0.123 e. The lowest BCUT2D eigenvalue weighted by atomic mass is 10.2. The number of rotatable bonds is 5. The van der Waals surface area contributed by atoms with Crippen LogP contribution in [0.4, 0.5) is 4.39 Å². The Hall–Kier alpha value is -1.20. The van der Waals surface area contributed by atoms with Crippen LogP contribution < -0.4 is 5.32 Å². The molecule has 5 heteroatoms. The molecule has 0 saturated carbocycles. The van der Waals surface area contributed by atoms with Gasteiger partial charge in [0.2, 0.25) is 0 Å². The number of aromatic nitrogens is 2. The number of imidazole rings is 1. The monoisotopic (exact) mass is 297 g/mol. The summed E-state index contributed by atoms with van der Waals surface area (Å²) in [6, 6.07) is 4.69. The summed E-state index contributed by atoms with van der Waals surface area (Å²) >= 11 is 3.40. The van der Waals surface area contributed by atoms with E-state index in [-0.39, 0.29) is 5.82 Å². The van der Waals surface area contributed by atoms with Gasteiger partial charge in [-0.25, -0.2) is 9.37 Å². The first kappa shape index (κ1) is 12.3. The van der Waals surface area contributed by atoms with Crippen molar-refractivity contribution in [2.24, 2.45) is 0 Å². The Morgan fingerprint density at radius 2 is 2.29 bits per heavy atom. The minimum absolute atomic E-state index is 0.212. The molecule has 17 heavy (non-hydrogen) atoms. The van der Waals surface area contributed by atoms with Crippen molar-refractivity contribution >= 4 is 15.9 Å². The van der Waals surface area contributed by atoms with Crippen molar-refractivity contribution in [3.8, 4) is 0 Å². The molecule has 0 bridgehead atoms. The number of hydrogen-bond acceptors (Lipinski definition) is 2. The molecule has 2 aromatic rings. The molecule has 0 amide bonds. The quantitative estimate of drug-likeness (QED) is 0.833. The molecular weight excluding hydrogens is 285 g/mol. The molecule has 0 fully saturated rings. The predicted octanol–water partition coefficient (Wildman–Crippen LogP) is 2.64. The highest BCUT2D eigenvalue weighted by Crippen LogP contribution is 2.17. The number of nitrogens with zero attached hydrogens (tertiary/aromatic N) is 1. The van der Waals surface area contributed by atoms with Crippen LogP contribution in [0.1, 0.15) is 11.4 Å². The number of benzene rings is 1. The Kier molecular flexibility index (Phi) is 4.28. The zero-order valence-corrected chi connectivity index (χ0v) is 10.8. The van der Waals surface area contributed by atoms with E-state index in [1.807, 2.05) is 0 Å². The van der Waals surface area contributed by atoms with Gasteiger partial charge in [0.1, 0.15) is 11.6 Å². The van der Waals surface area contributed by atoms with Crippen molar-refractivity contribution in [1.82, 2.24) is 15.3 Å². The number of halogens is 2. The van der Waals surface area contributed by atoms with Gasteiger partial charge in [-0.15, -0.1) is 0 Å². The first-order chi connectivity index (χ1) is 8.25. The zero-order valence-electron chi connectivity index (χ0n) is 9.21. The summed E-state index contributed by atoms with van der Waals surface area (Å²) < 4.78 is 13.9. The summed E-state index contributed by atoms with van der Waals surface area (Å²) in [4.78, 5) is 7.16. The number of aromatic amines is 1. The fraction of sp³-hybridized carbons (Fsp3) is 0.250. The predicted molar refractivity (Wildman–Crippen MR) is 68.1 cm³/mol. The molecule has 0 spiro atoms. The van der Waals surface area contributed by atoms with Crippen LogP contribution in [-0.2, 0) is 13.0 Å². The van der Waals surface area contributed by atoms with Crippen LogP contribution in [-0.4, -0.2) is 16.5 Å². The van der Waals surface area contributed by atoms with Crippen LogP contribution in [0.25, 0.3) is 0 Å². The van der Waals surface area contributed by atoms with Gasteiger partial charge >= 0.3 is 0 Å². The Morgan fingerprint density at radius 1 is 1.41 bits per heavy atom. The van der Waals surface area contributed by atoms with Gasteiger partial charge in [0, 0.05) is 36.4 Å². The van der Waals surface area contributed by atoms with E-state index >= 15 is 0 Å². The van der Waals surface area contributed by atoms with Gasteiger partial charge < -0.3 is 10.3 Å². The van der Waals surface area contributed by atoms with Gasteiger partial charge in [-0.3, -0.25) is 0 Å². The van der Waals surface area contributed by atoms with E-state index in [4.69, 9.17) is 0 Å². The van der Waals surface area contributed by atoms with Crippen molar-refractivity contribution in [3.05, 3.63) is 52.3 Å². The number of nitrogens with one attached hydrogen (secondary N) is 2. The second-order valence-electron chi connectivity index (χ2n) is 3.70. The average Bonchev–Trinajstić information content (AvgIpc) is 2.82. The van der Waals surface area contributed by atoms with E-state index < -0.39 is 0 Å². The van der Waals surface area contributed by atoms with Gasteiger partial charge in [-0.2, -0.15) is 0 Å². The number of H-pyrrole nitrogens is 1. The highest BCUT2D eigenvalue weighted by molar-refractivity contribution is 9.10.